The Labute approximate surface area is 212 Å². The molecule has 4 aromatic rings. The van der Waals surface area contributed by atoms with E-state index in [1.807, 2.05) is 30.3 Å². The third-order valence-electron chi connectivity index (χ3n) is 6.50. The molecule has 1 aliphatic carbocycles. The molecule has 1 aliphatic rings. The predicted molar refractivity (Wildman–Crippen MR) is 136 cm³/mol. The third kappa shape index (κ3) is 5.04. The SMILES string of the molecule is COC(=O)C1CC(=O)c2c([nH]c(-c3ccnc(NC(=O)c4ccc(F)cc4)c3)c2Cc2ccccc2)C1. The maximum atomic E-state index is 13.2. The van der Waals surface area contributed by atoms with Crippen molar-refractivity contribution in [2.24, 2.45) is 5.92 Å². The van der Waals surface area contributed by atoms with E-state index in [9.17, 15) is 18.8 Å². The minimum absolute atomic E-state index is 0.0913. The summed E-state index contributed by atoms with van der Waals surface area (Å²) in [6.45, 7) is 0. The van der Waals surface area contributed by atoms with Crippen LogP contribution in [-0.4, -0.2) is 34.7 Å². The average Bonchev–Trinajstić information content (AvgIpc) is 3.28. The number of aromatic nitrogens is 2. The Balaban J connectivity index is 1.52. The van der Waals surface area contributed by atoms with E-state index in [0.29, 0.717) is 35.5 Å². The molecule has 7 nitrogen and oxygen atoms in total. The van der Waals surface area contributed by atoms with E-state index in [4.69, 9.17) is 4.74 Å². The van der Waals surface area contributed by atoms with Crippen molar-refractivity contribution in [3.63, 3.8) is 0 Å². The molecule has 186 valence electrons. The fraction of sp³-hybridized carbons (Fsp3) is 0.172. The lowest BCUT2D eigenvalue weighted by Gasteiger charge is -2.19. The van der Waals surface area contributed by atoms with Crippen molar-refractivity contribution >= 4 is 23.5 Å². The van der Waals surface area contributed by atoms with Gasteiger partial charge in [0.15, 0.2) is 5.78 Å². The third-order valence-corrected chi connectivity index (χ3v) is 6.50. The first-order chi connectivity index (χ1) is 17.9. The van der Waals surface area contributed by atoms with Crippen LogP contribution in [0.5, 0.6) is 0 Å². The number of hydrogen-bond donors (Lipinski definition) is 2. The van der Waals surface area contributed by atoms with Gasteiger partial charge in [-0.2, -0.15) is 0 Å². The quantitative estimate of drug-likeness (QED) is 0.366. The van der Waals surface area contributed by atoms with Crippen molar-refractivity contribution in [2.75, 3.05) is 12.4 Å². The molecule has 37 heavy (non-hydrogen) atoms. The summed E-state index contributed by atoms with van der Waals surface area (Å²) in [5.74, 6) is -1.59. The van der Waals surface area contributed by atoms with Gasteiger partial charge in [0.25, 0.3) is 5.91 Å². The number of ether oxygens (including phenoxy) is 1. The van der Waals surface area contributed by atoms with Crippen LogP contribution in [0.4, 0.5) is 10.2 Å². The van der Waals surface area contributed by atoms with Gasteiger partial charge in [0.1, 0.15) is 11.6 Å². The van der Waals surface area contributed by atoms with Gasteiger partial charge in [-0.05, 0) is 47.5 Å². The number of nitrogens with zero attached hydrogens (tertiary/aromatic N) is 1. The lowest BCUT2D eigenvalue weighted by atomic mass is 9.84. The highest BCUT2D eigenvalue weighted by molar-refractivity contribution is 6.05. The van der Waals surface area contributed by atoms with E-state index < -0.39 is 23.6 Å². The highest BCUT2D eigenvalue weighted by atomic mass is 19.1. The summed E-state index contributed by atoms with van der Waals surface area (Å²) < 4.78 is 18.1. The molecule has 0 fully saturated rings. The van der Waals surface area contributed by atoms with Gasteiger partial charge in [-0.15, -0.1) is 0 Å². The summed E-state index contributed by atoms with van der Waals surface area (Å²) in [5, 5.41) is 2.74. The van der Waals surface area contributed by atoms with E-state index in [1.54, 1.807) is 18.3 Å². The number of carbonyl (C=O) groups is 3. The number of rotatable bonds is 6. The molecular formula is C29H24FN3O4. The lowest BCUT2D eigenvalue weighted by Crippen LogP contribution is -2.27. The van der Waals surface area contributed by atoms with Gasteiger partial charge in [-0.1, -0.05) is 30.3 Å². The summed E-state index contributed by atoms with van der Waals surface area (Å²) in [4.78, 5) is 45.7. The van der Waals surface area contributed by atoms with E-state index in [0.717, 1.165) is 22.4 Å². The number of benzene rings is 2. The molecule has 2 heterocycles. The number of Topliss-reactive ketones (excluding diaryl/α,β-unsaturated/α-hetero) is 1. The molecule has 0 saturated heterocycles. The molecule has 1 unspecified atom stereocenters. The number of carbonyl (C=O) groups excluding carboxylic acids is 3. The van der Waals surface area contributed by atoms with Crippen LogP contribution < -0.4 is 5.32 Å². The number of nitrogens with one attached hydrogen (secondary N) is 2. The minimum Gasteiger partial charge on any atom is -0.469 e. The van der Waals surface area contributed by atoms with Crippen LogP contribution in [0.25, 0.3) is 11.3 Å². The lowest BCUT2D eigenvalue weighted by molar-refractivity contribution is -0.145. The molecule has 0 spiro atoms. The Morgan fingerprint density at radius 3 is 2.57 bits per heavy atom. The number of amides is 1. The van der Waals surface area contributed by atoms with Crippen LogP contribution in [0.15, 0.2) is 72.9 Å². The predicted octanol–water partition coefficient (Wildman–Crippen LogP) is 4.98. The smallest absolute Gasteiger partial charge is 0.309 e. The van der Waals surface area contributed by atoms with Gasteiger partial charge < -0.3 is 15.0 Å². The van der Waals surface area contributed by atoms with Crippen LogP contribution in [-0.2, 0) is 22.4 Å². The molecule has 1 amide bonds. The molecular weight excluding hydrogens is 473 g/mol. The van der Waals surface area contributed by atoms with E-state index >= 15 is 0 Å². The van der Waals surface area contributed by atoms with Crippen molar-refractivity contribution in [3.05, 3.63) is 107 Å². The Morgan fingerprint density at radius 2 is 1.84 bits per heavy atom. The molecule has 2 N–H and O–H groups in total. The summed E-state index contributed by atoms with van der Waals surface area (Å²) in [5.41, 5.74) is 4.92. The number of ketones is 1. The Bertz CT molecular complexity index is 1480. The Kier molecular flexibility index (Phi) is 6.64. The maximum Gasteiger partial charge on any atom is 0.309 e. The number of methoxy groups -OCH3 is 1. The summed E-state index contributed by atoms with van der Waals surface area (Å²) in [7, 11) is 1.32. The monoisotopic (exact) mass is 497 g/mol. The number of halogens is 1. The fourth-order valence-electron chi connectivity index (χ4n) is 4.73. The van der Waals surface area contributed by atoms with E-state index in [2.05, 4.69) is 15.3 Å². The molecule has 0 radical (unpaired) electrons. The number of anilines is 1. The average molecular weight is 498 g/mol. The molecule has 0 aliphatic heterocycles. The number of hydrogen-bond acceptors (Lipinski definition) is 5. The first kappa shape index (κ1) is 24.1. The van der Waals surface area contributed by atoms with Gasteiger partial charge in [-0.3, -0.25) is 14.4 Å². The molecule has 8 heteroatoms. The van der Waals surface area contributed by atoms with Crippen molar-refractivity contribution in [1.29, 1.82) is 0 Å². The zero-order valence-corrected chi connectivity index (χ0v) is 20.1. The Morgan fingerprint density at radius 1 is 1.08 bits per heavy atom. The van der Waals surface area contributed by atoms with Crippen LogP contribution in [0.3, 0.4) is 0 Å². The van der Waals surface area contributed by atoms with Crippen LogP contribution in [0.1, 0.15) is 44.0 Å². The minimum atomic E-state index is -0.538. The number of H-pyrrole nitrogens is 1. The first-order valence-corrected chi connectivity index (χ1v) is 11.8. The fourth-order valence-corrected chi connectivity index (χ4v) is 4.73. The van der Waals surface area contributed by atoms with Gasteiger partial charge in [-0.25, -0.2) is 9.37 Å². The van der Waals surface area contributed by atoms with Crippen molar-refractivity contribution in [3.8, 4) is 11.3 Å². The maximum absolute atomic E-state index is 13.2. The van der Waals surface area contributed by atoms with Gasteiger partial charge in [0.2, 0.25) is 0 Å². The van der Waals surface area contributed by atoms with Crippen LogP contribution in [0, 0.1) is 11.7 Å². The van der Waals surface area contributed by atoms with E-state index in [1.165, 1.54) is 31.4 Å². The van der Waals surface area contributed by atoms with Crippen molar-refractivity contribution in [2.45, 2.75) is 19.3 Å². The summed E-state index contributed by atoms with van der Waals surface area (Å²) in [6, 6.07) is 18.6. The zero-order valence-electron chi connectivity index (χ0n) is 20.1. The standard InChI is InChI=1S/C29H24FN3O4/c1-37-29(36)20-14-23-26(24(34)15-20)22(13-17-5-3-2-4-6-17)27(32-23)19-11-12-31-25(16-19)33-28(35)18-7-9-21(30)10-8-18/h2-12,16,20,32H,13-15H2,1H3,(H,31,33,35). The summed E-state index contributed by atoms with van der Waals surface area (Å²) >= 11 is 0. The van der Waals surface area contributed by atoms with E-state index in [-0.39, 0.29) is 12.2 Å². The topological polar surface area (TPSA) is 101 Å². The second-order valence-corrected chi connectivity index (χ2v) is 8.94. The molecule has 1 atom stereocenters. The number of aromatic amines is 1. The van der Waals surface area contributed by atoms with Crippen molar-refractivity contribution in [1.82, 2.24) is 9.97 Å². The zero-order chi connectivity index (χ0) is 25.9. The Hall–Kier alpha value is -4.59. The summed E-state index contributed by atoms with van der Waals surface area (Å²) in [6.07, 6.45) is 2.54. The second-order valence-electron chi connectivity index (χ2n) is 8.94. The molecule has 5 rings (SSSR count). The normalized spacial score (nSPS) is 14.6. The number of fused-ring (bicyclic) bond motifs is 1. The first-order valence-electron chi connectivity index (χ1n) is 11.8. The van der Waals surface area contributed by atoms with Crippen molar-refractivity contribution < 1.29 is 23.5 Å². The highest BCUT2D eigenvalue weighted by Gasteiger charge is 2.35. The molecule has 0 bridgehead atoms. The molecule has 2 aromatic carbocycles. The number of pyridine rings is 1. The highest BCUT2D eigenvalue weighted by Crippen LogP contribution is 2.36. The van der Waals surface area contributed by atoms with Crippen LogP contribution >= 0.6 is 0 Å². The van der Waals surface area contributed by atoms with Gasteiger partial charge in [0.05, 0.1) is 18.7 Å². The van der Waals surface area contributed by atoms with Gasteiger partial charge in [0, 0.05) is 47.8 Å². The van der Waals surface area contributed by atoms with Crippen LogP contribution in [0.2, 0.25) is 0 Å². The number of esters is 1. The molecule has 2 aromatic heterocycles. The van der Waals surface area contributed by atoms with Gasteiger partial charge >= 0.3 is 5.97 Å². The second kappa shape index (κ2) is 10.2. The molecule has 0 saturated carbocycles. The largest absolute Gasteiger partial charge is 0.469 e.